The zero-order valence-corrected chi connectivity index (χ0v) is 16.3. The van der Waals surface area contributed by atoms with Crippen molar-refractivity contribution in [1.82, 2.24) is 0 Å². The Kier molecular flexibility index (Phi) is 8.21. The summed E-state index contributed by atoms with van der Waals surface area (Å²) in [7, 11) is 3.07. The second-order valence-corrected chi connectivity index (χ2v) is 4.79. The van der Waals surface area contributed by atoms with E-state index in [9.17, 15) is 9.59 Å². The number of benzene rings is 2. The number of carbonyl (C=O) groups excluding carboxylic acids is 1. The molecular formula is C18H17NNaO5. The van der Waals surface area contributed by atoms with E-state index in [4.69, 9.17) is 14.6 Å². The molecule has 6 nitrogen and oxygen atoms in total. The van der Waals surface area contributed by atoms with Gasteiger partial charge in [-0.3, -0.25) is 4.79 Å². The van der Waals surface area contributed by atoms with Gasteiger partial charge in [-0.25, -0.2) is 4.79 Å². The Bertz CT molecular complexity index is 789. The third kappa shape index (κ3) is 5.63. The molecule has 2 aromatic carbocycles. The smallest absolute Gasteiger partial charge is 0.337 e. The summed E-state index contributed by atoms with van der Waals surface area (Å²) in [6, 6.07) is 11.4. The van der Waals surface area contributed by atoms with Gasteiger partial charge in [-0.15, -0.1) is 0 Å². The summed E-state index contributed by atoms with van der Waals surface area (Å²) < 4.78 is 10.3. The minimum Gasteiger partial charge on any atom is -0.493 e. The number of carboxylic acids is 1. The number of anilines is 1. The monoisotopic (exact) mass is 350 g/mol. The summed E-state index contributed by atoms with van der Waals surface area (Å²) in [5.41, 5.74) is 1.02. The van der Waals surface area contributed by atoms with Crippen LogP contribution in [0.15, 0.2) is 48.5 Å². The van der Waals surface area contributed by atoms with Crippen molar-refractivity contribution in [2.45, 2.75) is 0 Å². The number of amides is 1. The Hall–Kier alpha value is -2.28. The molecule has 2 aromatic rings. The molecule has 0 aliphatic heterocycles. The van der Waals surface area contributed by atoms with Crippen LogP contribution >= 0.6 is 0 Å². The molecule has 0 fully saturated rings. The zero-order chi connectivity index (χ0) is 17.5. The molecule has 0 saturated carbocycles. The quantitative estimate of drug-likeness (QED) is 0.618. The summed E-state index contributed by atoms with van der Waals surface area (Å²) in [6.07, 6.45) is 2.92. The summed E-state index contributed by atoms with van der Waals surface area (Å²) in [6.45, 7) is 0. The minimum atomic E-state index is -1.10. The molecule has 0 bridgehead atoms. The topological polar surface area (TPSA) is 84.9 Å². The maximum atomic E-state index is 12.0. The van der Waals surface area contributed by atoms with Crippen LogP contribution < -0.4 is 14.8 Å². The Labute approximate surface area is 167 Å². The molecule has 125 valence electrons. The maximum absolute atomic E-state index is 12.0. The van der Waals surface area contributed by atoms with E-state index in [1.54, 1.807) is 43.5 Å². The Morgan fingerprint density at radius 1 is 1.04 bits per heavy atom. The van der Waals surface area contributed by atoms with E-state index in [1.807, 2.05) is 0 Å². The predicted molar refractivity (Wildman–Crippen MR) is 96.4 cm³/mol. The number of rotatable bonds is 6. The molecule has 7 heteroatoms. The van der Waals surface area contributed by atoms with Crippen LogP contribution in [0.25, 0.3) is 6.08 Å². The number of hydrogen-bond acceptors (Lipinski definition) is 4. The number of carbonyl (C=O) groups is 2. The van der Waals surface area contributed by atoms with Crippen LogP contribution in [-0.4, -0.2) is 60.8 Å². The zero-order valence-electron chi connectivity index (χ0n) is 14.3. The molecule has 2 N–H and O–H groups in total. The number of para-hydroxylation sites is 1. The normalized spacial score (nSPS) is 10.0. The van der Waals surface area contributed by atoms with E-state index in [-0.39, 0.29) is 40.8 Å². The van der Waals surface area contributed by atoms with Crippen molar-refractivity contribution in [3.63, 3.8) is 0 Å². The molecule has 0 spiro atoms. The Morgan fingerprint density at radius 3 is 2.36 bits per heavy atom. The van der Waals surface area contributed by atoms with Gasteiger partial charge in [-0.05, 0) is 35.9 Å². The van der Waals surface area contributed by atoms with Gasteiger partial charge < -0.3 is 19.9 Å². The van der Waals surface area contributed by atoms with E-state index in [1.165, 1.54) is 25.3 Å². The van der Waals surface area contributed by atoms with Crippen LogP contribution in [0.5, 0.6) is 11.5 Å². The summed E-state index contributed by atoms with van der Waals surface area (Å²) in [4.78, 5) is 23.1. The summed E-state index contributed by atoms with van der Waals surface area (Å²) >= 11 is 0. The Balaban J connectivity index is 0.00000312. The van der Waals surface area contributed by atoms with Gasteiger partial charge in [0.05, 0.1) is 25.5 Å². The number of ether oxygens (including phenoxy) is 2. The standard InChI is InChI=1S/C18H17NO5.Na/c1-23-15-9-7-12(11-16(15)24-2)8-10-17(20)19-14-6-4-3-5-13(14)18(21)22;/h3-11H,1-2H3,(H,19,20)(H,21,22);/b10-8+;. The van der Waals surface area contributed by atoms with Gasteiger partial charge in [-0.1, -0.05) is 18.2 Å². The van der Waals surface area contributed by atoms with E-state index in [2.05, 4.69) is 5.32 Å². The number of nitrogens with one attached hydrogen (secondary N) is 1. The van der Waals surface area contributed by atoms with Crippen LogP contribution in [0.2, 0.25) is 0 Å². The molecule has 0 unspecified atom stereocenters. The molecular weight excluding hydrogens is 333 g/mol. The average Bonchev–Trinajstić information content (AvgIpc) is 2.59. The van der Waals surface area contributed by atoms with Crippen molar-refractivity contribution in [3.05, 3.63) is 59.7 Å². The summed E-state index contributed by atoms with van der Waals surface area (Å²) in [5.74, 6) is -0.390. The molecule has 0 aromatic heterocycles. The van der Waals surface area contributed by atoms with Gasteiger partial charge in [0.2, 0.25) is 5.91 Å². The number of methoxy groups -OCH3 is 2. The van der Waals surface area contributed by atoms with E-state index >= 15 is 0 Å². The van der Waals surface area contributed by atoms with Gasteiger partial charge in [-0.2, -0.15) is 0 Å². The largest absolute Gasteiger partial charge is 0.493 e. The molecule has 0 aliphatic carbocycles. The van der Waals surface area contributed by atoms with Crippen molar-refractivity contribution in [2.24, 2.45) is 0 Å². The second kappa shape index (κ2) is 9.88. The van der Waals surface area contributed by atoms with E-state index in [0.29, 0.717) is 11.5 Å². The van der Waals surface area contributed by atoms with E-state index < -0.39 is 11.9 Å². The first kappa shape index (κ1) is 20.8. The van der Waals surface area contributed by atoms with Gasteiger partial charge in [0.1, 0.15) is 0 Å². The van der Waals surface area contributed by atoms with Crippen LogP contribution in [0.1, 0.15) is 15.9 Å². The third-order valence-electron chi connectivity index (χ3n) is 3.25. The number of carboxylic acid groups (broad SMARTS) is 1. The minimum absolute atomic E-state index is 0. The molecule has 1 amide bonds. The third-order valence-corrected chi connectivity index (χ3v) is 3.25. The second-order valence-electron chi connectivity index (χ2n) is 4.79. The molecule has 2 rings (SSSR count). The first-order valence-corrected chi connectivity index (χ1v) is 7.08. The molecule has 0 heterocycles. The first-order chi connectivity index (χ1) is 11.5. The predicted octanol–water partition coefficient (Wildman–Crippen LogP) is 2.67. The molecule has 0 atom stereocenters. The fourth-order valence-electron chi connectivity index (χ4n) is 2.08. The van der Waals surface area contributed by atoms with Crippen molar-refractivity contribution in [2.75, 3.05) is 19.5 Å². The average molecular weight is 350 g/mol. The fraction of sp³-hybridized carbons (Fsp3) is 0.111. The van der Waals surface area contributed by atoms with Crippen molar-refractivity contribution in [1.29, 1.82) is 0 Å². The molecule has 1 radical (unpaired) electrons. The Morgan fingerprint density at radius 2 is 1.72 bits per heavy atom. The van der Waals surface area contributed by atoms with Gasteiger partial charge in [0.15, 0.2) is 11.5 Å². The van der Waals surface area contributed by atoms with Gasteiger partial charge in [0, 0.05) is 35.6 Å². The van der Waals surface area contributed by atoms with Crippen LogP contribution in [0.3, 0.4) is 0 Å². The van der Waals surface area contributed by atoms with Gasteiger partial charge >= 0.3 is 5.97 Å². The fourth-order valence-corrected chi connectivity index (χ4v) is 2.08. The number of hydrogen-bond donors (Lipinski definition) is 2. The molecule has 25 heavy (non-hydrogen) atoms. The van der Waals surface area contributed by atoms with Crippen LogP contribution in [-0.2, 0) is 4.79 Å². The van der Waals surface area contributed by atoms with Crippen LogP contribution in [0, 0.1) is 0 Å². The van der Waals surface area contributed by atoms with Crippen molar-refractivity contribution >= 4 is 53.2 Å². The van der Waals surface area contributed by atoms with Crippen LogP contribution in [0.4, 0.5) is 5.69 Å². The van der Waals surface area contributed by atoms with Gasteiger partial charge in [0.25, 0.3) is 0 Å². The first-order valence-electron chi connectivity index (χ1n) is 7.08. The maximum Gasteiger partial charge on any atom is 0.337 e. The van der Waals surface area contributed by atoms with Crippen molar-refractivity contribution < 1.29 is 24.2 Å². The SMILES string of the molecule is COc1ccc(/C=C/C(=O)Nc2ccccc2C(=O)O)cc1OC.[Na]. The molecule has 0 aliphatic rings. The van der Waals surface area contributed by atoms with Crippen molar-refractivity contribution in [3.8, 4) is 11.5 Å². The summed E-state index contributed by atoms with van der Waals surface area (Å²) in [5, 5.41) is 11.6. The molecule has 0 saturated heterocycles. The number of aromatic carboxylic acids is 1. The van der Waals surface area contributed by atoms with E-state index in [0.717, 1.165) is 5.56 Å².